The summed E-state index contributed by atoms with van der Waals surface area (Å²) >= 11 is 3.11. The van der Waals surface area contributed by atoms with Gasteiger partial charge in [0.2, 0.25) is 0 Å². The average molecular weight is 345 g/mol. The Kier molecular flexibility index (Phi) is 5.08. The van der Waals surface area contributed by atoms with Crippen LogP contribution >= 0.6 is 15.9 Å². The van der Waals surface area contributed by atoms with Gasteiger partial charge in [0.15, 0.2) is 0 Å². The van der Waals surface area contributed by atoms with Gasteiger partial charge in [-0.25, -0.2) is 4.39 Å². The second-order valence-electron chi connectivity index (χ2n) is 4.42. The summed E-state index contributed by atoms with van der Waals surface area (Å²) in [4.78, 5) is 23.2. The van der Waals surface area contributed by atoms with Gasteiger partial charge in [0.05, 0.1) is 11.8 Å². The number of hydrogen-bond donors (Lipinski definition) is 2. The Labute approximate surface area is 124 Å². The van der Waals surface area contributed by atoms with Gasteiger partial charge in [-0.15, -0.1) is 0 Å². The maximum absolute atomic E-state index is 13.5. The van der Waals surface area contributed by atoms with Crippen molar-refractivity contribution in [2.45, 2.75) is 18.9 Å². The Bertz CT molecular complexity index is 518. The lowest BCUT2D eigenvalue weighted by Crippen LogP contribution is -2.39. The number of amides is 2. The van der Waals surface area contributed by atoms with Crippen LogP contribution in [0.1, 0.15) is 12.8 Å². The Morgan fingerprint density at radius 2 is 2.20 bits per heavy atom. The fourth-order valence-corrected chi connectivity index (χ4v) is 2.20. The highest BCUT2D eigenvalue weighted by molar-refractivity contribution is 9.10. The zero-order valence-corrected chi connectivity index (χ0v) is 12.2. The normalized spacial score (nSPS) is 17.8. The lowest BCUT2D eigenvalue weighted by molar-refractivity contribution is -0.136. The van der Waals surface area contributed by atoms with Gasteiger partial charge in [0.25, 0.3) is 0 Å². The van der Waals surface area contributed by atoms with Gasteiger partial charge >= 0.3 is 11.8 Å². The van der Waals surface area contributed by atoms with Crippen molar-refractivity contribution in [1.82, 2.24) is 5.32 Å². The van der Waals surface area contributed by atoms with E-state index in [1.165, 1.54) is 12.1 Å². The molecule has 0 aromatic heterocycles. The maximum Gasteiger partial charge on any atom is 0.313 e. The predicted molar refractivity (Wildman–Crippen MR) is 74.7 cm³/mol. The average Bonchev–Trinajstić information content (AvgIpc) is 2.92. The minimum absolute atomic E-state index is 0.0366. The quantitative estimate of drug-likeness (QED) is 0.822. The van der Waals surface area contributed by atoms with Crippen molar-refractivity contribution in [2.24, 2.45) is 0 Å². The highest BCUT2D eigenvalue weighted by Gasteiger charge is 2.20. The molecule has 2 rings (SSSR count). The molecule has 2 N–H and O–H groups in total. The summed E-state index contributed by atoms with van der Waals surface area (Å²) < 4.78 is 19.4. The Hall–Kier alpha value is -1.47. The molecule has 0 saturated carbocycles. The minimum atomic E-state index is -0.899. The first-order valence-electron chi connectivity index (χ1n) is 6.22. The first-order valence-corrected chi connectivity index (χ1v) is 7.01. The number of benzene rings is 1. The largest absolute Gasteiger partial charge is 0.376 e. The van der Waals surface area contributed by atoms with E-state index in [9.17, 15) is 14.0 Å². The van der Waals surface area contributed by atoms with E-state index >= 15 is 0 Å². The number of nitrogens with one attached hydrogen (secondary N) is 2. The molecular weight excluding hydrogens is 331 g/mol. The molecule has 1 heterocycles. The molecule has 1 fully saturated rings. The van der Waals surface area contributed by atoms with Crippen LogP contribution in [0.5, 0.6) is 0 Å². The number of ether oxygens (including phenoxy) is 1. The van der Waals surface area contributed by atoms with Crippen LogP contribution in [0.3, 0.4) is 0 Å². The third kappa shape index (κ3) is 4.01. The van der Waals surface area contributed by atoms with Crippen molar-refractivity contribution >= 4 is 33.4 Å². The van der Waals surface area contributed by atoms with Crippen LogP contribution in [0.4, 0.5) is 10.1 Å². The molecule has 1 aliphatic rings. The van der Waals surface area contributed by atoms with Gasteiger partial charge in [0.1, 0.15) is 5.82 Å². The Balaban J connectivity index is 1.85. The number of halogens is 2. The predicted octanol–water partition coefficient (Wildman–Crippen LogP) is 1.82. The van der Waals surface area contributed by atoms with E-state index in [-0.39, 0.29) is 18.3 Å². The van der Waals surface area contributed by atoms with E-state index in [1.54, 1.807) is 6.07 Å². The van der Waals surface area contributed by atoms with Gasteiger partial charge in [-0.1, -0.05) is 15.9 Å². The van der Waals surface area contributed by atoms with Crippen molar-refractivity contribution in [1.29, 1.82) is 0 Å². The molecule has 1 atom stereocenters. The molecule has 0 unspecified atom stereocenters. The van der Waals surface area contributed by atoms with Crippen molar-refractivity contribution < 1.29 is 18.7 Å². The van der Waals surface area contributed by atoms with Gasteiger partial charge < -0.3 is 15.4 Å². The summed E-state index contributed by atoms with van der Waals surface area (Å²) in [5.41, 5.74) is -0.0366. The van der Waals surface area contributed by atoms with E-state index < -0.39 is 17.6 Å². The number of rotatable bonds is 3. The molecule has 1 aromatic carbocycles. The Morgan fingerprint density at radius 1 is 1.40 bits per heavy atom. The van der Waals surface area contributed by atoms with Gasteiger partial charge in [-0.3, -0.25) is 9.59 Å². The Morgan fingerprint density at radius 3 is 2.85 bits per heavy atom. The van der Waals surface area contributed by atoms with Crippen LogP contribution in [-0.4, -0.2) is 31.1 Å². The number of anilines is 1. The first-order chi connectivity index (χ1) is 9.56. The second-order valence-corrected chi connectivity index (χ2v) is 5.34. The summed E-state index contributed by atoms with van der Waals surface area (Å²) in [5, 5.41) is 4.69. The standard InChI is InChI=1S/C13H14BrFN2O3/c14-8-3-4-11(10(15)6-8)17-13(19)12(18)16-7-9-2-1-5-20-9/h3-4,6,9H,1-2,5,7H2,(H,16,18)(H,17,19)/t9-/m1/s1. The van der Waals surface area contributed by atoms with Crippen LogP contribution in [-0.2, 0) is 14.3 Å². The van der Waals surface area contributed by atoms with Crippen molar-refractivity contribution in [3.8, 4) is 0 Å². The van der Waals surface area contributed by atoms with E-state index in [2.05, 4.69) is 26.6 Å². The summed E-state index contributed by atoms with van der Waals surface area (Å²) in [6.45, 7) is 0.964. The molecule has 20 heavy (non-hydrogen) atoms. The molecule has 108 valence electrons. The van der Waals surface area contributed by atoms with Gasteiger partial charge in [-0.2, -0.15) is 0 Å². The summed E-state index contributed by atoms with van der Waals surface area (Å²) in [7, 11) is 0. The fraction of sp³-hybridized carbons (Fsp3) is 0.385. The fourth-order valence-electron chi connectivity index (χ4n) is 1.86. The van der Waals surface area contributed by atoms with Crippen LogP contribution in [0.25, 0.3) is 0 Å². The highest BCUT2D eigenvalue weighted by Crippen LogP contribution is 2.19. The molecule has 1 aliphatic heterocycles. The number of hydrogen-bond acceptors (Lipinski definition) is 3. The number of carbonyl (C=O) groups excluding carboxylic acids is 2. The molecule has 0 aliphatic carbocycles. The molecule has 2 amide bonds. The summed E-state index contributed by atoms with van der Waals surface area (Å²) in [6.07, 6.45) is 1.77. The lowest BCUT2D eigenvalue weighted by atomic mass is 10.2. The van der Waals surface area contributed by atoms with Crippen LogP contribution in [0.15, 0.2) is 22.7 Å². The molecule has 7 heteroatoms. The van der Waals surface area contributed by atoms with E-state index in [0.29, 0.717) is 11.1 Å². The molecule has 0 spiro atoms. The summed E-state index contributed by atoms with van der Waals surface area (Å²) in [6, 6.07) is 4.16. The van der Waals surface area contributed by atoms with Crippen LogP contribution < -0.4 is 10.6 Å². The third-order valence-electron chi connectivity index (χ3n) is 2.90. The first kappa shape index (κ1) is 14.9. The topological polar surface area (TPSA) is 67.4 Å². The van der Waals surface area contributed by atoms with Crippen molar-refractivity contribution in [3.63, 3.8) is 0 Å². The zero-order chi connectivity index (χ0) is 14.5. The maximum atomic E-state index is 13.5. The monoisotopic (exact) mass is 344 g/mol. The molecule has 5 nitrogen and oxygen atoms in total. The van der Waals surface area contributed by atoms with Gasteiger partial charge in [0, 0.05) is 17.6 Å². The molecule has 1 aromatic rings. The molecule has 1 saturated heterocycles. The van der Waals surface area contributed by atoms with E-state index in [1.807, 2.05) is 0 Å². The third-order valence-corrected chi connectivity index (χ3v) is 3.39. The summed E-state index contributed by atoms with van der Waals surface area (Å²) in [5.74, 6) is -2.31. The second kappa shape index (κ2) is 6.81. The minimum Gasteiger partial charge on any atom is -0.376 e. The smallest absolute Gasteiger partial charge is 0.313 e. The SMILES string of the molecule is O=C(NC[C@H]1CCCO1)C(=O)Nc1ccc(Br)cc1F. The molecule has 0 bridgehead atoms. The highest BCUT2D eigenvalue weighted by atomic mass is 79.9. The van der Waals surface area contributed by atoms with Gasteiger partial charge in [-0.05, 0) is 31.0 Å². The number of carbonyl (C=O) groups is 2. The van der Waals surface area contributed by atoms with E-state index in [4.69, 9.17) is 4.74 Å². The van der Waals surface area contributed by atoms with Crippen molar-refractivity contribution in [2.75, 3.05) is 18.5 Å². The zero-order valence-electron chi connectivity index (χ0n) is 10.6. The van der Waals surface area contributed by atoms with Crippen LogP contribution in [0, 0.1) is 5.82 Å². The van der Waals surface area contributed by atoms with Crippen LogP contribution in [0.2, 0.25) is 0 Å². The van der Waals surface area contributed by atoms with E-state index in [0.717, 1.165) is 12.8 Å². The molecule has 0 radical (unpaired) electrons. The lowest BCUT2D eigenvalue weighted by Gasteiger charge is -2.11. The molecular formula is C13H14BrFN2O3. The van der Waals surface area contributed by atoms with Crippen molar-refractivity contribution in [3.05, 3.63) is 28.5 Å².